The highest BCUT2D eigenvalue weighted by Gasteiger charge is 2.12. The molecular formula is C26H29N7O3. The first-order valence-corrected chi connectivity index (χ1v) is 11.1. The van der Waals surface area contributed by atoms with Crippen LogP contribution in [0.4, 0.5) is 5.82 Å². The Bertz CT molecular complexity index is 1290. The lowest BCUT2D eigenvalue weighted by Crippen LogP contribution is -2.26. The number of carbonyl (C=O) groups excluding carboxylic acids is 1. The highest BCUT2D eigenvalue weighted by Crippen LogP contribution is 2.25. The molecule has 2 aromatic heterocycles. The first kappa shape index (κ1) is 26.3. The SMILES string of the molecule is COCC(=O)Nc1cc(/C(N)=C/N(N)Cc2cccc(C(C)OC)n2)cc(-c2cccc(C#N)c2)n1. The Balaban J connectivity index is 1.92. The van der Waals surface area contributed by atoms with Gasteiger partial charge in [-0.15, -0.1) is 0 Å². The molecule has 1 amide bonds. The van der Waals surface area contributed by atoms with Crippen molar-refractivity contribution in [3.8, 4) is 17.3 Å². The number of carbonyl (C=O) groups is 1. The maximum Gasteiger partial charge on any atom is 0.251 e. The van der Waals surface area contributed by atoms with Gasteiger partial charge >= 0.3 is 0 Å². The molecule has 10 nitrogen and oxygen atoms in total. The summed E-state index contributed by atoms with van der Waals surface area (Å²) in [5.74, 6) is 6.14. The highest BCUT2D eigenvalue weighted by atomic mass is 16.5. The molecule has 0 bridgehead atoms. The lowest BCUT2D eigenvalue weighted by Gasteiger charge is -2.17. The molecule has 0 fully saturated rings. The maximum atomic E-state index is 12.1. The van der Waals surface area contributed by atoms with Crippen LogP contribution in [-0.2, 0) is 20.8 Å². The standard InChI is InChI=1S/C26H29N7O3/c1-17(36-3)23-9-5-8-21(30-23)14-33(29)15-22(28)20-11-24(19-7-4-6-18(10-19)13-27)31-25(12-20)32-26(34)16-35-2/h4-12,15,17H,14,16,28-29H2,1-3H3,(H,31,32,34)/b22-15-. The quantitative estimate of drug-likeness (QED) is 0.289. The molecule has 0 radical (unpaired) electrons. The molecule has 36 heavy (non-hydrogen) atoms. The van der Waals surface area contributed by atoms with E-state index in [1.165, 1.54) is 12.1 Å². The number of amides is 1. The number of nitrogens with two attached hydrogens (primary N) is 2. The van der Waals surface area contributed by atoms with E-state index in [9.17, 15) is 10.1 Å². The molecule has 10 heteroatoms. The van der Waals surface area contributed by atoms with Gasteiger partial charge in [-0.3, -0.25) is 9.78 Å². The normalized spacial score (nSPS) is 12.0. The number of ether oxygens (including phenoxy) is 2. The Morgan fingerprint density at radius 1 is 1.19 bits per heavy atom. The van der Waals surface area contributed by atoms with Gasteiger partial charge in [0.05, 0.1) is 47.1 Å². The van der Waals surface area contributed by atoms with Gasteiger partial charge < -0.3 is 25.5 Å². The average Bonchev–Trinajstić information content (AvgIpc) is 2.88. The van der Waals surface area contributed by atoms with Crippen LogP contribution in [0.3, 0.4) is 0 Å². The van der Waals surface area contributed by atoms with Crippen LogP contribution in [0.25, 0.3) is 17.0 Å². The summed E-state index contributed by atoms with van der Waals surface area (Å²) in [6, 6.07) is 18.2. The number of rotatable bonds is 10. The van der Waals surface area contributed by atoms with Crippen LogP contribution in [0.2, 0.25) is 0 Å². The number of methoxy groups -OCH3 is 2. The van der Waals surface area contributed by atoms with E-state index in [0.29, 0.717) is 34.6 Å². The lowest BCUT2D eigenvalue weighted by atomic mass is 10.1. The van der Waals surface area contributed by atoms with Crippen LogP contribution in [0.5, 0.6) is 0 Å². The van der Waals surface area contributed by atoms with Gasteiger partial charge in [-0.1, -0.05) is 18.2 Å². The van der Waals surface area contributed by atoms with E-state index in [0.717, 1.165) is 11.4 Å². The first-order valence-electron chi connectivity index (χ1n) is 11.1. The van der Waals surface area contributed by atoms with E-state index >= 15 is 0 Å². The minimum Gasteiger partial charge on any atom is -0.397 e. The third-order valence-electron chi connectivity index (χ3n) is 5.24. The molecule has 3 rings (SSSR count). The second-order valence-corrected chi connectivity index (χ2v) is 7.99. The Morgan fingerprint density at radius 2 is 1.97 bits per heavy atom. The number of anilines is 1. The number of aromatic nitrogens is 2. The molecule has 1 unspecified atom stereocenters. The molecule has 5 N–H and O–H groups in total. The van der Waals surface area contributed by atoms with Crippen LogP contribution in [0.15, 0.2) is 60.8 Å². The van der Waals surface area contributed by atoms with Crippen LogP contribution in [-0.4, -0.2) is 41.7 Å². The maximum absolute atomic E-state index is 12.1. The van der Waals surface area contributed by atoms with Gasteiger partial charge in [0.2, 0.25) is 0 Å². The second-order valence-electron chi connectivity index (χ2n) is 7.99. The number of nitriles is 1. The van der Waals surface area contributed by atoms with Crippen molar-refractivity contribution in [2.75, 3.05) is 26.1 Å². The van der Waals surface area contributed by atoms with Gasteiger partial charge in [-0.2, -0.15) is 5.26 Å². The topological polar surface area (TPSA) is 152 Å². The van der Waals surface area contributed by atoms with Crippen molar-refractivity contribution in [1.29, 1.82) is 5.26 Å². The van der Waals surface area contributed by atoms with Crippen LogP contribution < -0.4 is 16.9 Å². The predicted octanol–water partition coefficient (Wildman–Crippen LogP) is 2.94. The number of pyridine rings is 2. The fourth-order valence-electron chi connectivity index (χ4n) is 3.39. The summed E-state index contributed by atoms with van der Waals surface area (Å²) in [5, 5.41) is 13.4. The summed E-state index contributed by atoms with van der Waals surface area (Å²) in [7, 11) is 3.06. The van der Waals surface area contributed by atoms with Crippen LogP contribution in [0.1, 0.15) is 35.5 Å². The van der Waals surface area contributed by atoms with Crippen molar-refractivity contribution < 1.29 is 14.3 Å². The van der Waals surface area contributed by atoms with Gasteiger partial charge in [0.1, 0.15) is 12.4 Å². The fraction of sp³-hybridized carbons (Fsp3) is 0.231. The Labute approximate surface area is 210 Å². The fourth-order valence-corrected chi connectivity index (χ4v) is 3.39. The van der Waals surface area contributed by atoms with Crippen LogP contribution in [0, 0.1) is 11.3 Å². The molecule has 3 aromatic rings. The monoisotopic (exact) mass is 487 g/mol. The molecule has 0 saturated carbocycles. The molecule has 0 aliphatic carbocycles. The van der Waals surface area contributed by atoms with Gasteiger partial charge in [-0.25, -0.2) is 10.8 Å². The first-order chi connectivity index (χ1) is 17.3. The van der Waals surface area contributed by atoms with Crippen LogP contribution >= 0.6 is 0 Å². The molecule has 0 spiro atoms. The predicted molar refractivity (Wildman–Crippen MR) is 136 cm³/mol. The minimum absolute atomic E-state index is 0.124. The third kappa shape index (κ3) is 7.10. The van der Waals surface area contributed by atoms with Crippen molar-refractivity contribution in [2.45, 2.75) is 19.6 Å². The number of hydrogen-bond donors (Lipinski definition) is 3. The number of hydrogen-bond acceptors (Lipinski definition) is 9. The summed E-state index contributed by atoms with van der Waals surface area (Å²) in [6.07, 6.45) is 1.44. The molecule has 0 aliphatic rings. The summed E-state index contributed by atoms with van der Waals surface area (Å²) >= 11 is 0. The summed E-state index contributed by atoms with van der Waals surface area (Å²) in [4.78, 5) is 21.2. The Hall–Kier alpha value is -4.30. The Kier molecular flexibility index (Phi) is 9.07. The molecule has 2 heterocycles. The zero-order chi connectivity index (χ0) is 26.1. The zero-order valence-corrected chi connectivity index (χ0v) is 20.4. The van der Waals surface area contributed by atoms with Gasteiger partial charge in [0, 0.05) is 31.5 Å². The molecule has 1 atom stereocenters. The van der Waals surface area contributed by atoms with Crippen molar-refractivity contribution >= 4 is 17.4 Å². The largest absolute Gasteiger partial charge is 0.397 e. The van der Waals surface area contributed by atoms with E-state index in [4.69, 9.17) is 21.1 Å². The lowest BCUT2D eigenvalue weighted by molar-refractivity contribution is -0.119. The van der Waals surface area contributed by atoms with E-state index in [2.05, 4.69) is 21.4 Å². The van der Waals surface area contributed by atoms with Crippen molar-refractivity contribution in [3.05, 3.63) is 83.3 Å². The summed E-state index contributed by atoms with van der Waals surface area (Å²) in [5.41, 5.74) is 10.6. The summed E-state index contributed by atoms with van der Waals surface area (Å²) in [6.45, 7) is 2.10. The van der Waals surface area contributed by atoms with Gasteiger partial charge in [0.15, 0.2) is 0 Å². The average molecular weight is 488 g/mol. The van der Waals surface area contributed by atoms with E-state index in [-0.39, 0.29) is 24.4 Å². The van der Waals surface area contributed by atoms with Gasteiger partial charge in [0.25, 0.3) is 5.91 Å². The second kappa shape index (κ2) is 12.4. The van der Waals surface area contributed by atoms with Crippen molar-refractivity contribution in [2.24, 2.45) is 11.6 Å². The molecule has 186 valence electrons. The Morgan fingerprint density at radius 3 is 2.69 bits per heavy atom. The van der Waals surface area contributed by atoms with E-state index in [1.807, 2.05) is 31.2 Å². The molecule has 0 aliphatic heterocycles. The number of benzene rings is 1. The van der Waals surface area contributed by atoms with E-state index in [1.54, 1.807) is 43.6 Å². The highest BCUT2D eigenvalue weighted by molar-refractivity contribution is 5.91. The number of nitrogens with zero attached hydrogens (tertiary/aromatic N) is 4. The smallest absolute Gasteiger partial charge is 0.251 e. The van der Waals surface area contributed by atoms with E-state index < -0.39 is 0 Å². The summed E-state index contributed by atoms with van der Waals surface area (Å²) < 4.78 is 10.2. The van der Waals surface area contributed by atoms with Gasteiger partial charge in [-0.05, 0) is 43.3 Å². The number of hydrazine groups is 1. The number of nitrogens with one attached hydrogen (secondary N) is 1. The molecule has 1 aromatic carbocycles. The third-order valence-corrected chi connectivity index (χ3v) is 5.24. The van der Waals surface area contributed by atoms with Crippen molar-refractivity contribution in [1.82, 2.24) is 15.0 Å². The zero-order valence-electron chi connectivity index (χ0n) is 20.4. The molecular weight excluding hydrogens is 458 g/mol. The minimum atomic E-state index is -0.363. The molecule has 0 saturated heterocycles. The van der Waals surface area contributed by atoms with Crippen molar-refractivity contribution in [3.63, 3.8) is 0 Å².